The van der Waals surface area contributed by atoms with E-state index in [4.69, 9.17) is 0 Å². The lowest BCUT2D eigenvalue weighted by molar-refractivity contribution is 0.828. The summed E-state index contributed by atoms with van der Waals surface area (Å²) in [5, 5.41) is 0. The molecule has 1 heterocycles. The highest BCUT2D eigenvalue weighted by molar-refractivity contribution is 8.05. The zero-order valence-corrected chi connectivity index (χ0v) is 13.7. The Labute approximate surface area is 128 Å². The van der Waals surface area contributed by atoms with Crippen molar-refractivity contribution in [1.82, 2.24) is 0 Å². The van der Waals surface area contributed by atoms with E-state index >= 15 is 0 Å². The van der Waals surface area contributed by atoms with Crippen LogP contribution in [-0.2, 0) is 10.9 Å². The van der Waals surface area contributed by atoms with Crippen LogP contribution >= 0.6 is 11.8 Å². The number of fused-ring (bicyclic) bond motifs is 2. The SMILES string of the molecule is C/C(=C/C(C)C)[S+]1c2ccccc2Sc2ccccc21. The van der Waals surface area contributed by atoms with Crippen molar-refractivity contribution in [1.29, 1.82) is 0 Å². The van der Waals surface area contributed by atoms with E-state index in [1.54, 1.807) is 0 Å². The molecular formula is C18H19S2+. The zero-order chi connectivity index (χ0) is 14.1. The molecule has 0 bridgehead atoms. The van der Waals surface area contributed by atoms with E-state index < -0.39 is 0 Å². The standard InChI is InChI=1S/C18H19S2/c1-13(2)12-14(3)20-17-10-6-4-8-15(17)19-16-9-5-7-11-18(16)20/h4-13H,1-3H3/q+1/b14-12-. The van der Waals surface area contributed by atoms with Crippen LogP contribution in [0.4, 0.5) is 0 Å². The fourth-order valence-corrected chi connectivity index (χ4v) is 6.45. The van der Waals surface area contributed by atoms with Crippen LogP contribution in [0.25, 0.3) is 0 Å². The molecule has 1 aliphatic heterocycles. The molecule has 0 unspecified atom stereocenters. The van der Waals surface area contributed by atoms with Crippen LogP contribution < -0.4 is 0 Å². The van der Waals surface area contributed by atoms with Crippen LogP contribution in [0.2, 0.25) is 0 Å². The van der Waals surface area contributed by atoms with Crippen molar-refractivity contribution >= 4 is 22.7 Å². The third-order valence-corrected chi connectivity index (χ3v) is 7.03. The Hall–Kier alpha value is -1.12. The molecule has 1 aliphatic rings. The van der Waals surface area contributed by atoms with Gasteiger partial charge in [0.15, 0.2) is 9.79 Å². The maximum atomic E-state index is 2.41. The van der Waals surface area contributed by atoms with Gasteiger partial charge < -0.3 is 0 Å². The first-order chi connectivity index (χ1) is 9.66. The highest BCUT2D eigenvalue weighted by Gasteiger charge is 2.37. The van der Waals surface area contributed by atoms with Crippen molar-refractivity contribution in [2.75, 3.05) is 0 Å². The Balaban J connectivity index is 2.17. The lowest BCUT2D eigenvalue weighted by Gasteiger charge is -2.19. The highest BCUT2D eigenvalue weighted by Crippen LogP contribution is 2.47. The van der Waals surface area contributed by atoms with Gasteiger partial charge in [0.25, 0.3) is 0 Å². The number of allylic oxidation sites excluding steroid dienone is 2. The molecule has 0 nitrogen and oxygen atoms in total. The van der Waals surface area contributed by atoms with Gasteiger partial charge in [-0.1, -0.05) is 49.9 Å². The largest absolute Gasteiger partial charge is 0.180 e. The summed E-state index contributed by atoms with van der Waals surface area (Å²) in [6.07, 6.45) is 2.41. The molecule has 0 amide bonds. The zero-order valence-electron chi connectivity index (χ0n) is 12.1. The maximum Gasteiger partial charge on any atom is 0.180 e. The summed E-state index contributed by atoms with van der Waals surface area (Å²) in [5.41, 5.74) is 0. The predicted octanol–water partition coefficient (Wildman–Crippen LogP) is 5.75. The summed E-state index contributed by atoms with van der Waals surface area (Å²) in [6.45, 7) is 6.79. The fraction of sp³-hybridized carbons (Fsp3) is 0.222. The fourth-order valence-electron chi connectivity index (χ4n) is 2.53. The summed E-state index contributed by atoms with van der Waals surface area (Å²) >= 11 is 1.90. The molecule has 102 valence electrons. The van der Waals surface area contributed by atoms with E-state index in [9.17, 15) is 0 Å². The predicted molar refractivity (Wildman–Crippen MR) is 89.5 cm³/mol. The van der Waals surface area contributed by atoms with Gasteiger partial charge in [0.2, 0.25) is 0 Å². The van der Waals surface area contributed by atoms with Crippen LogP contribution in [0.15, 0.2) is 79.1 Å². The topological polar surface area (TPSA) is 0 Å². The Kier molecular flexibility index (Phi) is 3.95. The van der Waals surface area contributed by atoms with Crippen molar-refractivity contribution in [2.45, 2.75) is 40.4 Å². The van der Waals surface area contributed by atoms with Crippen LogP contribution in [0.5, 0.6) is 0 Å². The van der Waals surface area contributed by atoms with Gasteiger partial charge in [-0.3, -0.25) is 0 Å². The summed E-state index contributed by atoms with van der Waals surface area (Å²) in [7, 11) is 0.0804. The molecule has 0 aromatic heterocycles. The minimum Gasteiger partial charge on any atom is -0.0795 e. The summed E-state index contributed by atoms with van der Waals surface area (Å²) < 4.78 is 0. The lowest BCUT2D eigenvalue weighted by atomic mass is 10.2. The monoisotopic (exact) mass is 299 g/mol. The smallest absolute Gasteiger partial charge is 0.0795 e. The molecule has 20 heavy (non-hydrogen) atoms. The quantitative estimate of drug-likeness (QED) is 0.636. The van der Waals surface area contributed by atoms with E-state index in [0.717, 1.165) is 0 Å². The van der Waals surface area contributed by atoms with E-state index in [0.29, 0.717) is 5.92 Å². The average molecular weight is 299 g/mol. The van der Waals surface area contributed by atoms with Crippen LogP contribution in [0.3, 0.4) is 0 Å². The Morgan fingerprint density at radius 2 is 1.45 bits per heavy atom. The summed E-state index contributed by atoms with van der Waals surface area (Å²) in [4.78, 5) is 7.26. The Bertz CT molecular complexity index is 610. The maximum absolute atomic E-state index is 2.41. The van der Waals surface area contributed by atoms with Gasteiger partial charge in [0.05, 0.1) is 20.7 Å². The van der Waals surface area contributed by atoms with E-state index in [-0.39, 0.29) is 10.9 Å². The molecule has 0 saturated carbocycles. The Morgan fingerprint density at radius 3 is 1.95 bits per heavy atom. The van der Waals surface area contributed by atoms with Gasteiger partial charge in [0, 0.05) is 6.92 Å². The van der Waals surface area contributed by atoms with Gasteiger partial charge in [0.1, 0.15) is 4.91 Å². The second-order valence-electron chi connectivity index (χ2n) is 5.32. The normalized spacial score (nSPS) is 15.1. The number of benzene rings is 2. The van der Waals surface area contributed by atoms with Gasteiger partial charge in [-0.25, -0.2) is 0 Å². The number of hydrogen-bond acceptors (Lipinski definition) is 1. The molecule has 0 spiro atoms. The molecular weight excluding hydrogens is 280 g/mol. The summed E-state index contributed by atoms with van der Waals surface area (Å²) in [6, 6.07) is 17.7. The van der Waals surface area contributed by atoms with Crippen LogP contribution in [0.1, 0.15) is 20.8 Å². The van der Waals surface area contributed by atoms with Gasteiger partial charge in [-0.15, -0.1) is 0 Å². The molecule has 2 heteroatoms. The lowest BCUT2D eigenvalue weighted by Crippen LogP contribution is -2.11. The van der Waals surface area contributed by atoms with Gasteiger partial charge >= 0.3 is 0 Å². The van der Waals surface area contributed by atoms with E-state index in [2.05, 4.69) is 75.4 Å². The minimum absolute atomic E-state index is 0.0804. The van der Waals surface area contributed by atoms with Crippen molar-refractivity contribution in [3.63, 3.8) is 0 Å². The van der Waals surface area contributed by atoms with Gasteiger partial charge in [-0.2, -0.15) is 0 Å². The summed E-state index contributed by atoms with van der Waals surface area (Å²) in [5.74, 6) is 0.594. The second-order valence-corrected chi connectivity index (χ2v) is 8.54. The molecule has 2 aromatic rings. The van der Waals surface area contributed by atoms with Crippen LogP contribution in [-0.4, -0.2) is 0 Å². The minimum atomic E-state index is 0.0804. The molecule has 0 aliphatic carbocycles. The number of rotatable bonds is 2. The molecule has 0 fully saturated rings. The molecule has 0 atom stereocenters. The second kappa shape index (κ2) is 5.71. The third-order valence-electron chi connectivity index (χ3n) is 3.25. The van der Waals surface area contributed by atoms with E-state index in [1.807, 2.05) is 11.8 Å². The van der Waals surface area contributed by atoms with Crippen molar-refractivity contribution in [3.8, 4) is 0 Å². The van der Waals surface area contributed by atoms with Crippen LogP contribution in [0, 0.1) is 5.92 Å². The molecule has 3 rings (SSSR count). The first kappa shape index (κ1) is 13.8. The highest BCUT2D eigenvalue weighted by atomic mass is 32.2. The first-order valence-electron chi connectivity index (χ1n) is 6.95. The van der Waals surface area contributed by atoms with Gasteiger partial charge in [-0.05, 0) is 36.3 Å². The van der Waals surface area contributed by atoms with Crippen molar-refractivity contribution in [3.05, 3.63) is 59.5 Å². The molecule has 2 aromatic carbocycles. The first-order valence-corrected chi connectivity index (χ1v) is 8.99. The molecule has 0 radical (unpaired) electrons. The Morgan fingerprint density at radius 1 is 0.950 bits per heavy atom. The number of hydrogen-bond donors (Lipinski definition) is 0. The molecule has 0 N–H and O–H groups in total. The average Bonchev–Trinajstić information content (AvgIpc) is 2.43. The molecule has 0 saturated heterocycles. The third kappa shape index (κ3) is 2.55. The van der Waals surface area contributed by atoms with Crippen molar-refractivity contribution in [2.24, 2.45) is 5.92 Å². The van der Waals surface area contributed by atoms with Crippen molar-refractivity contribution < 1.29 is 0 Å². The van der Waals surface area contributed by atoms with E-state index in [1.165, 1.54) is 24.5 Å².